The Hall–Kier alpha value is -1.68. The fourth-order valence-electron chi connectivity index (χ4n) is 2.19. The Balaban J connectivity index is 2.17. The van der Waals surface area contributed by atoms with Gasteiger partial charge in [0, 0.05) is 6.42 Å². The van der Waals surface area contributed by atoms with E-state index in [1.807, 2.05) is 18.2 Å². The molecule has 2 unspecified atom stereocenters. The Bertz CT molecular complexity index is 524. The lowest BCUT2D eigenvalue weighted by atomic mass is 10.1. The number of benzene rings is 1. The highest BCUT2D eigenvalue weighted by molar-refractivity contribution is 5.23. The third kappa shape index (κ3) is 4.39. The van der Waals surface area contributed by atoms with Crippen LogP contribution < -0.4 is 5.32 Å². The first-order valence-electron chi connectivity index (χ1n) is 7.85. The normalized spacial score (nSPS) is 14.0. The van der Waals surface area contributed by atoms with Crippen molar-refractivity contribution in [2.24, 2.45) is 5.92 Å². The second-order valence-electron chi connectivity index (χ2n) is 5.55. The Morgan fingerprint density at radius 2 is 1.90 bits per heavy atom. The zero-order valence-corrected chi connectivity index (χ0v) is 13.2. The number of hydrogen-bond donors (Lipinski definition) is 1. The summed E-state index contributed by atoms with van der Waals surface area (Å²) in [6.07, 6.45) is 3.03. The summed E-state index contributed by atoms with van der Waals surface area (Å²) in [7, 11) is 0. The fourth-order valence-corrected chi connectivity index (χ4v) is 2.19. The van der Waals surface area contributed by atoms with E-state index in [0.717, 1.165) is 37.3 Å². The smallest absolute Gasteiger partial charge is 0.237 e. The van der Waals surface area contributed by atoms with Crippen molar-refractivity contribution in [1.29, 1.82) is 0 Å². The third-order valence-corrected chi connectivity index (χ3v) is 3.68. The van der Waals surface area contributed by atoms with E-state index < -0.39 is 0 Å². The summed E-state index contributed by atoms with van der Waals surface area (Å²) in [5.41, 5.74) is 1.16. The first-order valence-corrected chi connectivity index (χ1v) is 7.85. The molecule has 0 aliphatic heterocycles. The van der Waals surface area contributed by atoms with Crippen molar-refractivity contribution >= 4 is 0 Å². The molecular weight excluding hydrogens is 262 g/mol. The van der Waals surface area contributed by atoms with Crippen LogP contribution in [0.5, 0.6) is 0 Å². The molecule has 0 bridgehead atoms. The van der Waals surface area contributed by atoms with Gasteiger partial charge < -0.3 is 9.73 Å². The van der Waals surface area contributed by atoms with Crippen molar-refractivity contribution in [2.45, 2.75) is 46.1 Å². The zero-order chi connectivity index (χ0) is 15.1. The van der Waals surface area contributed by atoms with Crippen LogP contribution in [0.1, 0.15) is 57.0 Å². The second-order valence-corrected chi connectivity index (χ2v) is 5.55. The van der Waals surface area contributed by atoms with E-state index in [4.69, 9.17) is 4.42 Å². The first kappa shape index (κ1) is 15.7. The van der Waals surface area contributed by atoms with Crippen LogP contribution in [0, 0.1) is 5.92 Å². The van der Waals surface area contributed by atoms with Gasteiger partial charge >= 0.3 is 0 Å². The summed E-state index contributed by atoms with van der Waals surface area (Å²) < 4.78 is 5.89. The highest BCUT2D eigenvalue weighted by atomic mass is 16.4. The van der Waals surface area contributed by atoms with Crippen molar-refractivity contribution in [3.05, 3.63) is 47.7 Å². The van der Waals surface area contributed by atoms with Gasteiger partial charge in [0.2, 0.25) is 11.8 Å². The minimum absolute atomic E-state index is 0.0238. The lowest BCUT2D eigenvalue weighted by Gasteiger charge is -2.15. The van der Waals surface area contributed by atoms with Gasteiger partial charge in [-0.25, -0.2) is 0 Å². The molecular formula is C17H25N3O. The van der Waals surface area contributed by atoms with E-state index in [0.29, 0.717) is 11.8 Å². The van der Waals surface area contributed by atoms with E-state index in [9.17, 15) is 0 Å². The van der Waals surface area contributed by atoms with Crippen LogP contribution in [-0.4, -0.2) is 16.7 Å². The van der Waals surface area contributed by atoms with Gasteiger partial charge in [-0.3, -0.25) is 0 Å². The molecule has 4 heteroatoms. The molecule has 0 amide bonds. The molecule has 0 saturated heterocycles. The molecule has 21 heavy (non-hydrogen) atoms. The molecule has 0 spiro atoms. The van der Waals surface area contributed by atoms with Crippen LogP contribution in [-0.2, 0) is 6.42 Å². The molecule has 0 aliphatic carbocycles. The summed E-state index contributed by atoms with van der Waals surface area (Å²) in [5, 5.41) is 11.9. The first-order chi connectivity index (χ1) is 10.2. The molecule has 0 fully saturated rings. The van der Waals surface area contributed by atoms with Crippen LogP contribution in [0.3, 0.4) is 0 Å². The van der Waals surface area contributed by atoms with E-state index in [1.165, 1.54) is 0 Å². The Morgan fingerprint density at radius 1 is 1.14 bits per heavy atom. The van der Waals surface area contributed by atoms with Gasteiger partial charge in [0.25, 0.3) is 0 Å². The van der Waals surface area contributed by atoms with Gasteiger partial charge in [0.05, 0.1) is 0 Å². The summed E-state index contributed by atoms with van der Waals surface area (Å²) in [5.74, 6) is 1.96. The van der Waals surface area contributed by atoms with Crippen LogP contribution in [0.4, 0.5) is 0 Å². The largest absolute Gasteiger partial charge is 0.423 e. The lowest BCUT2D eigenvalue weighted by molar-refractivity contribution is 0.383. The van der Waals surface area contributed by atoms with Crippen molar-refractivity contribution in [2.75, 3.05) is 6.54 Å². The molecule has 114 valence electrons. The van der Waals surface area contributed by atoms with Crippen molar-refractivity contribution in [3.8, 4) is 0 Å². The maximum Gasteiger partial charge on any atom is 0.237 e. The molecule has 1 aromatic carbocycles. The number of hydrogen-bond acceptors (Lipinski definition) is 4. The van der Waals surface area contributed by atoms with Crippen LogP contribution in [0.25, 0.3) is 0 Å². The zero-order valence-electron chi connectivity index (χ0n) is 13.2. The highest BCUT2D eigenvalue weighted by Gasteiger charge is 2.20. The van der Waals surface area contributed by atoms with E-state index in [2.05, 4.69) is 48.4 Å². The second kappa shape index (κ2) is 7.93. The summed E-state index contributed by atoms with van der Waals surface area (Å²) in [4.78, 5) is 0. The van der Waals surface area contributed by atoms with Crippen LogP contribution in [0.15, 0.2) is 34.7 Å². The lowest BCUT2D eigenvalue weighted by Crippen LogP contribution is -2.23. The quantitative estimate of drug-likeness (QED) is 0.803. The number of aromatic nitrogens is 2. The van der Waals surface area contributed by atoms with Crippen LogP contribution >= 0.6 is 0 Å². The highest BCUT2D eigenvalue weighted by Crippen LogP contribution is 2.22. The molecule has 2 rings (SSSR count). The fraction of sp³-hybridized carbons (Fsp3) is 0.529. The Kier molecular flexibility index (Phi) is 5.93. The van der Waals surface area contributed by atoms with Gasteiger partial charge in [0.15, 0.2) is 0 Å². The molecule has 2 aromatic rings. The van der Waals surface area contributed by atoms with Gasteiger partial charge in [-0.15, -0.1) is 10.2 Å². The maximum atomic E-state index is 5.89. The molecule has 1 aromatic heterocycles. The summed E-state index contributed by atoms with van der Waals surface area (Å²) in [6, 6.07) is 10.2. The van der Waals surface area contributed by atoms with E-state index in [1.54, 1.807) is 0 Å². The minimum atomic E-state index is -0.0238. The predicted molar refractivity (Wildman–Crippen MR) is 84.0 cm³/mol. The number of nitrogens with zero attached hydrogens (tertiary/aromatic N) is 2. The average Bonchev–Trinajstić information content (AvgIpc) is 2.97. The SMILES string of the molecule is CCCNC(c1ccccc1)c1nnc(CC(C)CC)o1. The van der Waals surface area contributed by atoms with Gasteiger partial charge in [-0.1, -0.05) is 57.5 Å². The summed E-state index contributed by atoms with van der Waals surface area (Å²) in [6.45, 7) is 7.45. The number of nitrogens with one attached hydrogen (secondary N) is 1. The molecule has 0 radical (unpaired) electrons. The predicted octanol–water partition coefficient (Wildman–Crippen LogP) is 3.75. The van der Waals surface area contributed by atoms with Crippen LogP contribution in [0.2, 0.25) is 0 Å². The van der Waals surface area contributed by atoms with Crippen molar-refractivity contribution in [3.63, 3.8) is 0 Å². The molecule has 1 heterocycles. The van der Waals surface area contributed by atoms with Crippen molar-refractivity contribution in [1.82, 2.24) is 15.5 Å². The molecule has 1 N–H and O–H groups in total. The monoisotopic (exact) mass is 287 g/mol. The topological polar surface area (TPSA) is 51.0 Å². The number of rotatable bonds is 8. The minimum Gasteiger partial charge on any atom is -0.423 e. The molecule has 4 nitrogen and oxygen atoms in total. The van der Waals surface area contributed by atoms with E-state index >= 15 is 0 Å². The van der Waals surface area contributed by atoms with Gasteiger partial charge in [-0.2, -0.15) is 0 Å². The van der Waals surface area contributed by atoms with Gasteiger partial charge in [0.1, 0.15) is 6.04 Å². The summed E-state index contributed by atoms with van der Waals surface area (Å²) >= 11 is 0. The van der Waals surface area contributed by atoms with E-state index in [-0.39, 0.29) is 6.04 Å². The van der Waals surface area contributed by atoms with Gasteiger partial charge in [-0.05, 0) is 24.4 Å². The Labute approximate surface area is 127 Å². The molecule has 2 atom stereocenters. The molecule has 0 aliphatic rings. The standard InChI is InChI=1S/C17H25N3O/c1-4-11-18-16(14-9-7-6-8-10-14)17-20-19-15(21-17)12-13(3)5-2/h6-10,13,16,18H,4-5,11-12H2,1-3H3. The average molecular weight is 287 g/mol. The van der Waals surface area contributed by atoms with Crippen molar-refractivity contribution < 1.29 is 4.42 Å². The third-order valence-electron chi connectivity index (χ3n) is 3.68. The molecule has 0 saturated carbocycles. The maximum absolute atomic E-state index is 5.89. The Morgan fingerprint density at radius 3 is 2.57 bits per heavy atom.